The Hall–Kier alpha value is -1.38. The van der Waals surface area contributed by atoms with Crippen molar-refractivity contribution in [3.63, 3.8) is 0 Å². The number of allylic oxidation sites excluding steroid dienone is 2. The standard InChI is InChI=1S/C14H16O2/c1-10-9-14(15,16)11(2)8-13(10)12-6-4-3-5-7-12/h3-9,11,15-16H,1-2H3. The molecule has 0 radical (unpaired) electrons. The Morgan fingerprint density at radius 2 is 1.75 bits per heavy atom. The number of hydrogen-bond acceptors (Lipinski definition) is 2. The van der Waals surface area contributed by atoms with E-state index in [9.17, 15) is 10.2 Å². The highest BCUT2D eigenvalue weighted by Crippen LogP contribution is 2.34. The van der Waals surface area contributed by atoms with Crippen LogP contribution < -0.4 is 0 Å². The summed E-state index contributed by atoms with van der Waals surface area (Å²) in [6.07, 6.45) is 3.42. The van der Waals surface area contributed by atoms with Gasteiger partial charge in [-0.15, -0.1) is 0 Å². The first-order valence-electron chi connectivity index (χ1n) is 5.42. The van der Waals surface area contributed by atoms with Crippen molar-refractivity contribution in [2.75, 3.05) is 0 Å². The quantitative estimate of drug-likeness (QED) is 0.707. The third-order valence-electron chi connectivity index (χ3n) is 3.03. The minimum atomic E-state index is -1.72. The van der Waals surface area contributed by atoms with Crippen LogP contribution in [-0.4, -0.2) is 16.0 Å². The zero-order valence-electron chi connectivity index (χ0n) is 9.51. The van der Waals surface area contributed by atoms with Crippen LogP contribution >= 0.6 is 0 Å². The third kappa shape index (κ3) is 1.94. The van der Waals surface area contributed by atoms with Crippen LogP contribution in [0.25, 0.3) is 5.57 Å². The fraction of sp³-hybridized carbons (Fsp3) is 0.286. The molecule has 0 bridgehead atoms. The summed E-state index contributed by atoms with van der Waals surface area (Å²) in [5.41, 5.74) is 3.08. The van der Waals surface area contributed by atoms with Crippen molar-refractivity contribution in [1.82, 2.24) is 0 Å². The van der Waals surface area contributed by atoms with Crippen LogP contribution in [0.5, 0.6) is 0 Å². The zero-order chi connectivity index (χ0) is 11.8. The molecule has 0 saturated carbocycles. The predicted molar refractivity (Wildman–Crippen MR) is 64.5 cm³/mol. The second kappa shape index (κ2) is 3.89. The Kier molecular flexibility index (Phi) is 2.70. The second-order valence-electron chi connectivity index (χ2n) is 4.35. The highest BCUT2D eigenvalue weighted by molar-refractivity contribution is 5.80. The van der Waals surface area contributed by atoms with Gasteiger partial charge in [0, 0.05) is 5.92 Å². The van der Waals surface area contributed by atoms with Crippen molar-refractivity contribution in [3.05, 3.63) is 53.6 Å². The lowest BCUT2D eigenvalue weighted by atomic mass is 9.84. The first-order chi connectivity index (χ1) is 7.50. The van der Waals surface area contributed by atoms with E-state index in [4.69, 9.17) is 0 Å². The van der Waals surface area contributed by atoms with Crippen LogP contribution in [0.15, 0.2) is 48.1 Å². The molecule has 2 N–H and O–H groups in total. The van der Waals surface area contributed by atoms with Gasteiger partial charge in [-0.3, -0.25) is 0 Å². The van der Waals surface area contributed by atoms with Crippen LogP contribution in [-0.2, 0) is 0 Å². The molecule has 0 saturated heterocycles. The van der Waals surface area contributed by atoms with Gasteiger partial charge in [0.2, 0.25) is 0 Å². The van der Waals surface area contributed by atoms with Crippen LogP contribution in [0.1, 0.15) is 19.4 Å². The van der Waals surface area contributed by atoms with Gasteiger partial charge in [0.15, 0.2) is 5.79 Å². The molecular weight excluding hydrogens is 200 g/mol. The number of benzene rings is 1. The summed E-state index contributed by atoms with van der Waals surface area (Å²) >= 11 is 0. The largest absolute Gasteiger partial charge is 0.362 e. The number of aliphatic hydroxyl groups is 2. The molecule has 0 fully saturated rings. The molecule has 0 heterocycles. The van der Waals surface area contributed by atoms with E-state index in [0.29, 0.717) is 0 Å². The van der Waals surface area contributed by atoms with Crippen molar-refractivity contribution < 1.29 is 10.2 Å². The average molecular weight is 216 g/mol. The van der Waals surface area contributed by atoms with Crippen molar-refractivity contribution >= 4 is 5.57 Å². The fourth-order valence-corrected chi connectivity index (χ4v) is 1.97. The van der Waals surface area contributed by atoms with E-state index >= 15 is 0 Å². The van der Waals surface area contributed by atoms with E-state index in [1.54, 1.807) is 6.92 Å². The summed E-state index contributed by atoms with van der Waals surface area (Å²) in [4.78, 5) is 0. The molecule has 2 rings (SSSR count). The molecule has 1 aromatic rings. The minimum Gasteiger partial charge on any atom is -0.362 e. The molecule has 1 aromatic carbocycles. The summed E-state index contributed by atoms with van der Waals surface area (Å²) in [6.45, 7) is 3.69. The first kappa shape index (κ1) is 11.1. The molecule has 2 nitrogen and oxygen atoms in total. The van der Waals surface area contributed by atoms with Crippen LogP contribution in [0, 0.1) is 5.92 Å². The third-order valence-corrected chi connectivity index (χ3v) is 3.03. The Balaban J connectivity index is 2.42. The van der Waals surface area contributed by atoms with Crippen molar-refractivity contribution in [1.29, 1.82) is 0 Å². The number of hydrogen-bond donors (Lipinski definition) is 2. The lowest BCUT2D eigenvalue weighted by molar-refractivity contribution is -0.144. The maximum atomic E-state index is 9.71. The van der Waals surface area contributed by atoms with Crippen LogP contribution in [0.4, 0.5) is 0 Å². The van der Waals surface area contributed by atoms with E-state index in [1.807, 2.05) is 43.3 Å². The van der Waals surface area contributed by atoms with Gasteiger partial charge in [-0.25, -0.2) is 0 Å². The molecule has 2 heteroatoms. The summed E-state index contributed by atoms with van der Waals surface area (Å²) in [5.74, 6) is -2.02. The van der Waals surface area contributed by atoms with E-state index in [1.165, 1.54) is 6.08 Å². The van der Waals surface area contributed by atoms with Crippen LogP contribution in [0.2, 0.25) is 0 Å². The molecule has 16 heavy (non-hydrogen) atoms. The zero-order valence-corrected chi connectivity index (χ0v) is 9.51. The molecule has 1 aliphatic carbocycles. The van der Waals surface area contributed by atoms with E-state index in [2.05, 4.69) is 0 Å². The van der Waals surface area contributed by atoms with Gasteiger partial charge < -0.3 is 10.2 Å². The first-order valence-corrected chi connectivity index (χ1v) is 5.42. The van der Waals surface area contributed by atoms with Crippen LogP contribution in [0.3, 0.4) is 0 Å². The highest BCUT2D eigenvalue weighted by Gasteiger charge is 2.31. The predicted octanol–water partition coefficient (Wildman–Crippen LogP) is 2.35. The Labute approximate surface area is 95.6 Å². The second-order valence-corrected chi connectivity index (χ2v) is 4.35. The summed E-state index contributed by atoms with van der Waals surface area (Å²) < 4.78 is 0. The smallest absolute Gasteiger partial charge is 0.189 e. The topological polar surface area (TPSA) is 40.5 Å². The monoisotopic (exact) mass is 216 g/mol. The average Bonchev–Trinajstić information content (AvgIpc) is 2.24. The lowest BCUT2D eigenvalue weighted by Gasteiger charge is -2.29. The summed E-state index contributed by atoms with van der Waals surface area (Å²) in [6, 6.07) is 9.98. The van der Waals surface area contributed by atoms with E-state index in [0.717, 1.165) is 16.7 Å². The van der Waals surface area contributed by atoms with Gasteiger partial charge in [-0.1, -0.05) is 43.3 Å². The van der Waals surface area contributed by atoms with E-state index in [-0.39, 0.29) is 5.92 Å². The maximum Gasteiger partial charge on any atom is 0.189 e. The molecule has 0 aromatic heterocycles. The number of rotatable bonds is 1. The van der Waals surface area contributed by atoms with Crippen molar-refractivity contribution in [2.24, 2.45) is 5.92 Å². The molecule has 1 atom stereocenters. The normalized spacial score (nSPS) is 23.6. The Morgan fingerprint density at radius 3 is 2.38 bits per heavy atom. The Bertz CT molecular complexity index is 441. The minimum absolute atomic E-state index is 0.300. The van der Waals surface area contributed by atoms with Gasteiger partial charge in [0.05, 0.1) is 0 Å². The van der Waals surface area contributed by atoms with Gasteiger partial charge in [-0.05, 0) is 29.7 Å². The SMILES string of the molecule is CC1=CC(O)(O)C(C)C=C1c1ccccc1. The molecule has 0 aliphatic heterocycles. The summed E-state index contributed by atoms with van der Waals surface area (Å²) in [7, 11) is 0. The van der Waals surface area contributed by atoms with Gasteiger partial charge in [0.1, 0.15) is 0 Å². The maximum absolute atomic E-state index is 9.71. The molecule has 84 valence electrons. The van der Waals surface area contributed by atoms with Crippen molar-refractivity contribution in [2.45, 2.75) is 19.6 Å². The molecule has 0 amide bonds. The highest BCUT2D eigenvalue weighted by atomic mass is 16.5. The molecule has 0 spiro atoms. The van der Waals surface area contributed by atoms with Gasteiger partial charge in [0.25, 0.3) is 0 Å². The molecule has 1 unspecified atom stereocenters. The molecular formula is C14H16O2. The fourth-order valence-electron chi connectivity index (χ4n) is 1.97. The van der Waals surface area contributed by atoms with Gasteiger partial charge >= 0.3 is 0 Å². The van der Waals surface area contributed by atoms with E-state index < -0.39 is 5.79 Å². The molecule has 1 aliphatic rings. The lowest BCUT2D eigenvalue weighted by Crippen LogP contribution is -2.35. The summed E-state index contributed by atoms with van der Waals surface area (Å²) in [5, 5.41) is 19.4. The van der Waals surface area contributed by atoms with Gasteiger partial charge in [-0.2, -0.15) is 0 Å². The van der Waals surface area contributed by atoms with Crippen molar-refractivity contribution in [3.8, 4) is 0 Å². The Morgan fingerprint density at radius 1 is 1.12 bits per heavy atom.